The molecule has 0 aliphatic carbocycles. The minimum Gasteiger partial charge on any atom is -0.309 e. The van der Waals surface area contributed by atoms with Crippen LogP contribution in [0.3, 0.4) is 0 Å². The summed E-state index contributed by atoms with van der Waals surface area (Å²) in [7, 11) is 4.05. The highest BCUT2D eigenvalue weighted by Crippen LogP contribution is 1.80. The fraction of sp³-hybridized carbons (Fsp3) is 1.00. The van der Waals surface area contributed by atoms with E-state index < -0.39 is 0 Å². The summed E-state index contributed by atoms with van der Waals surface area (Å²) in [5.74, 6) is 4.80. The fourth-order valence-corrected chi connectivity index (χ4v) is 0.464. The zero-order valence-corrected chi connectivity index (χ0v) is 6.78. The van der Waals surface area contributed by atoms with Crippen LogP contribution in [-0.4, -0.2) is 32.1 Å². The van der Waals surface area contributed by atoms with E-state index in [1.54, 1.807) is 0 Å². The predicted molar refractivity (Wildman–Crippen MR) is 40.6 cm³/mol. The van der Waals surface area contributed by atoms with E-state index in [1.165, 1.54) is 0 Å². The van der Waals surface area contributed by atoms with Gasteiger partial charge >= 0.3 is 0 Å². The average molecular weight is 155 g/mol. The molecule has 0 radical (unpaired) electrons. The normalized spacial score (nSPS) is 9.33. The Hall–Kier alpha value is 0.170. The molecule has 0 aromatic heterocycles. The Kier molecular flexibility index (Phi) is 10.8. The highest BCUT2D eigenvalue weighted by atomic mass is 35.5. The maximum Gasteiger partial charge on any atom is 0.0691 e. The first kappa shape index (κ1) is 11.9. The fourth-order valence-electron chi connectivity index (χ4n) is 0.464. The molecule has 0 spiro atoms. The van der Waals surface area contributed by atoms with Crippen LogP contribution in [-0.2, 0) is 4.84 Å². The third-order valence-electron chi connectivity index (χ3n) is 0.868. The van der Waals surface area contributed by atoms with Gasteiger partial charge in [-0.05, 0) is 27.1 Å². The summed E-state index contributed by atoms with van der Waals surface area (Å²) >= 11 is 0. The van der Waals surface area contributed by atoms with Crippen molar-refractivity contribution in [2.45, 2.75) is 6.42 Å². The molecule has 0 rings (SSSR count). The van der Waals surface area contributed by atoms with Gasteiger partial charge in [0.15, 0.2) is 0 Å². The summed E-state index contributed by atoms with van der Waals surface area (Å²) in [6.45, 7) is 1.69. The Morgan fingerprint density at radius 3 is 2.33 bits per heavy atom. The first-order valence-electron chi connectivity index (χ1n) is 2.74. The molecule has 9 heavy (non-hydrogen) atoms. The largest absolute Gasteiger partial charge is 0.309 e. The van der Waals surface area contributed by atoms with Gasteiger partial charge in [-0.15, -0.1) is 12.4 Å². The molecule has 0 aromatic rings. The maximum absolute atomic E-state index is 4.80. The second-order valence-electron chi connectivity index (χ2n) is 2.03. The topological polar surface area (TPSA) is 38.5 Å². The molecule has 0 amide bonds. The van der Waals surface area contributed by atoms with E-state index in [2.05, 4.69) is 9.74 Å². The predicted octanol–water partition coefficient (Wildman–Crippen LogP) is 0.250. The van der Waals surface area contributed by atoms with Crippen molar-refractivity contribution in [2.75, 3.05) is 27.2 Å². The van der Waals surface area contributed by atoms with Crippen LogP contribution in [0.5, 0.6) is 0 Å². The van der Waals surface area contributed by atoms with Gasteiger partial charge in [0.2, 0.25) is 0 Å². The van der Waals surface area contributed by atoms with E-state index in [4.69, 9.17) is 5.90 Å². The molecule has 2 N–H and O–H groups in total. The standard InChI is InChI=1S/C5H14N2O.ClH/c1-7(2)4-3-5-8-6;/h3-6H2,1-2H3;1H. The Labute approximate surface area is 62.5 Å². The van der Waals surface area contributed by atoms with Crippen LogP contribution < -0.4 is 5.90 Å². The van der Waals surface area contributed by atoms with Crippen molar-refractivity contribution in [3.8, 4) is 0 Å². The number of nitrogens with two attached hydrogens (primary N) is 1. The Balaban J connectivity index is 0. The van der Waals surface area contributed by atoms with Gasteiger partial charge in [0.1, 0.15) is 0 Å². The van der Waals surface area contributed by atoms with E-state index in [0.717, 1.165) is 13.0 Å². The highest BCUT2D eigenvalue weighted by molar-refractivity contribution is 5.85. The molecule has 3 nitrogen and oxygen atoms in total. The summed E-state index contributed by atoms with van der Waals surface area (Å²) in [6, 6.07) is 0. The molecule has 4 heteroatoms. The van der Waals surface area contributed by atoms with Gasteiger partial charge in [0, 0.05) is 0 Å². The minimum absolute atomic E-state index is 0. The summed E-state index contributed by atoms with van der Waals surface area (Å²) in [4.78, 5) is 6.46. The van der Waals surface area contributed by atoms with Crippen LogP contribution >= 0.6 is 12.4 Å². The van der Waals surface area contributed by atoms with Crippen LogP contribution in [0.25, 0.3) is 0 Å². The number of nitrogens with zero attached hydrogens (tertiary/aromatic N) is 1. The molecule has 0 fully saturated rings. The molecule has 0 heterocycles. The zero-order chi connectivity index (χ0) is 6.41. The third kappa shape index (κ3) is 11.6. The molecule has 58 valence electrons. The molecule has 0 atom stereocenters. The molecule has 0 aliphatic rings. The SMILES string of the molecule is CN(C)CCCON.Cl. The molecule has 0 bridgehead atoms. The van der Waals surface area contributed by atoms with Gasteiger partial charge in [-0.2, -0.15) is 0 Å². The van der Waals surface area contributed by atoms with E-state index >= 15 is 0 Å². The van der Waals surface area contributed by atoms with Gasteiger partial charge in [-0.1, -0.05) is 0 Å². The number of hydrogen-bond donors (Lipinski definition) is 1. The monoisotopic (exact) mass is 154 g/mol. The smallest absolute Gasteiger partial charge is 0.0691 e. The summed E-state index contributed by atoms with van der Waals surface area (Å²) in [5, 5.41) is 0. The molecule has 0 saturated heterocycles. The van der Waals surface area contributed by atoms with E-state index in [9.17, 15) is 0 Å². The number of halogens is 1. The highest BCUT2D eigenvalue weighted by Gasteiger charge is 1.87. The third-order valence-corrected chi connectivity index (χ3v) is 0.868. The maximum atomic E-state index is 4.80. The van der Waals surface area contributed by atoms with Crippen molar-refractivity contribution < 1.29 is 4.84 Å². The lowest BCUT2D eigenvalue weighted by molar-refractivity contribution is 0.129. The second kappa shape index (κ2) is 8.17. The van der Waals surface area contributed by atoms with Gasteiger partial charge < -0.3 is 9.74 Å². The van der Waals surface area contributed by atoms with Gasteiger partial charge in [-0.25, -0.2) is 5.90 Å². The summed E-state index contributed by atoms with van der Waals surface area (Å²) in [5.41, 5.74) is 0. The van der Waals surface area contributed by atoms with Crippen LogP contribution in [0.1, 0.15) is 6.42 Å². The minimum atomic E-state index is 0. The van der Waals surface area contributed by atoms with Crippen LogP contribution in [0, 0.1) is 0 Å². The van der Waals surface area contributed by atoms with Gasteiger partial charge in [-0.3, -0.25) is 0 Å². The van der Waals surface area contributed by atoms with Crippen molar-refractivity contribution in [3.05, 3.63) is 0 Å². The first-order valence-corrected chi connectivity index (χ1v) is 2.74. The summed E-state index contributed by atoms with van der Waals surface area (Å²) in [6.07, 6.45) is 1.00. The van der Waals surface area contributed by atoms with Crippen molar-refractivity contribution in [1.29, 1.82) is 0 Å². The Morgan fingerprint density at radius 1 is 1.44 bits per heavy atom. The Morgan fingerprint density at radius 2 is 2.00 bits per heavy atom. The van der Waals surface area contributed by atoms with E-state index in [1.807, 2.05) is 14.1 Å². The molecule has 0 saturated carbocycles. The van der Waals surface area contributed by atoms with Crippen LogP contribution in [0.2, 0.25) is 0 Å². The van der Waals surface area contributed by atoms with Crippen molar-refractivity contribution in [3.63, 3.8) is 0 Å². The number of hydrogen-bond acceptors (Lipinski definition) is 3. The molecule has 0 aromatic carbocycles. The van der Waals surface area contributed by atoms with Gasteiger partial charge in [0.25, 0.3) is 0 Å². The van der Waals surface area contributed by atoms with Crippen molar-refractivity contribution >= 4 is 12.4 Å². The summed E-state index contributed by atoms with van der Waals surface area (Å²) < 4.78 is 0. The van der Waals surface area contributed by atoms with E-state index in [0.29, 0.717) is 6.61 Å². The second-order valence-corrected chi connectivity index (χ2v) is 2.03. The van der Waals surface area contributed by atoms with Crippen LogP contribution in [0.4, 0.5) is 0 Å². The zero-order valence-electron chi connectivity index (χ0n) is 5.96. The lowest BCUT2D eigenvalue weighted by atomic mass is 10.4. The lowest BCUT2D eigenvalue weighted by Gasteiger charge is -2.06. The Bertz CT molecular complexity index is 52.2. The number of rotatable bonds is 4. The van der Waals surface area contributed by atoms with Crippen molar-refractivity contribution in [1.82, 2.24) is 4.90 Å². The molecule has 0 aliphatic heterocycles. The quantitative estimate of drug-likeness (QED) is 0.466. The molecular formula is C5H15ClN2O. The van der Waals surface area contributed by atoms with Gasteiger partial charge in [0.05, 0.1) is 6.61 Å². The molecule has 0 unspecified atom stereocenters. The van der Waals surface area contributed by atoms with Crippen molar-refractivity contribution in [2.24, 2.45) is 5.90 Å². The molecular weight excluding hydrogens is 140 g/mol. The van der Waals surface area contributed by atoms with Crippen LogP contribution in [0.15, 0.2) is 0 Å². The first-order chi connectivity index (χ1) is 3.77. The average Bonchev–Trinajstić information content (AvgIpc) is 1.66. The lowest BCUT2D eigenvalue weighted by Crippen LogP contribution is -2.15. The van der Waals surface area contributed by atoms with E-state index in [-0.39, 0.29) is 12.4 Å².